The van der Waals surface area contributed by atoms with Gasteiger partial charge in [-0.1, -0.05) is 19.9 Å². The molecule has 2 amide bonds. The molecule has 0 aromatic heterocycles. The fraction of sp³-hybridized carbons (Fsp3) is 0.556. The lowest BCUT2D eigenvalue weighted by Crippen LogP contribution is -2.49. The van der Waals surface area contributed by atoms with Gasteiger partial charge in [-0.15, -0.1) is 0 Å². The first-order chi connectivity index (χ1) is 12.3. The number of hydrogen-bond acceptors (Lipinski definition) is 4. The van der Waals surface area contributed by atoms with Crippen LogP contribution in [0.15, 0.2) is 29.2 Å². The Morgan fingerprint density at radius 1 is 1.12 bits per heavy atom. The number of carbonyl (C=O) groups excluding carboxylic acids is 2. The Labute approximate surface area is 155 Å². The van der Waals surface area contributed by atoms with Crippen molar-refractivity contribution in [2.75, 3.05) is 26.2 Å². The number of carbonyl (C=O) groups is 2. The van der Waals surface area contributed by atoms with Crippen LogP contribution >= 0.6 is 0 Å². The van der Waals surface area contributed by atoms with Crippen molar-refractivity contribution in [3.63, 3.8) is 0 Å². The number of amides is 2. The summed E-state index contributed by atoms with van der Waals surface area (Å²) in [6.45, 7) is 6.74. The first kappa shape index (κ1) is 20.4. The number of nitrogens with one attached hydrogen (secondary N) is 1. The van der Waals surface area contributed by atoms with E-state index in [0.717, 1.165) is 12.8 Å². The molecule has 0 radical (unpaired) electrons. The van der Waals surface area contributed by atoms with E-state index in [1.807, 2.05) is 13.8 Å². The molecule has 1 saturated heterocycles. The van der Waals surface area contributed by atoms with Crippen LogP contribution in [0.4, 0.5) is 0 Å². The van der Waals surface area contributed by atoms with E-state index < -0.39 is 10.0 Å². The fourth-order valence-electron chi connectivity index (χ4n) is 2.95. The number of sulfonamides is 1. The lowest BCUT2D eigenvalue weighted by atomic mass is 10.1. The number of rotatable bonds is 6. The van der Waals surface area contributed by atoms with Crippen LogP contribution in [0, 0.1) is 0 Å². The zero-order valence-electron chi connectivity index (χ0n) is 15.6. The number of benzene rings is 1. The fourth-order valence-corrected chi connectivity index (χ4v) is 4.42. The van der Waals surface area contributed by atoms with Crippen LogP contribution in [0.3, 0.4) is 0 Å². The zero-order valence-corrected chi connectivity index (χ0v) is 16.4. The van der Waals surface area contributed by atoms with Gasteiger partial charge in [-0.25, -0.2) is 8.42 Å². The van der Waals surface area contributed by atoms with Gasteiger partial charge in [-0.2, -0.15) is 4.31 Å². The van der Waals surface area contributed by atoms with Gasteiger partial charge in [-0.3, -0.25) is 9.59 Å². The first-order valence-corrected chi connectivity index (χ1v) is 10.4. The highest BCUT2D eigenvalue weighted by molar-refractivity contribution is 7.89. The molecule has 0 bridgehead atoms. The van der Waals surface area contributed by atoms with E-state index in [4.69, 9.17) is 0 Å². The summed E-state index contributed by atoms with van der Waals surface area (Å²) in [5.41, 5.74) is 0.334. The van der Waals surface area contributed by atoms with Crippen LogP contribution in [0.5, 0.6) is 0 Å². The zero-order chi connectivity index (χ0) is 19.3. The minimum Gasteiger partial charge on any atom is -0.349 e. The standard InChI is InChI=1S/C18H27N3O4S/c1-4-16(5-2)19-18(23)15-7-6-8-17(13-15)26(24,25)21-11-9-20(10-12-21)14(3)22/h6-8,13,16H,4-5,9-12H2,1-3H3,(H,19,23). The molecule has 1 N–H and O–H groups in total. The van der Waals surface area contributed by atoms with E-state index >= 15 is 0 Å². The van der Waals surface area contributed by atoms with Gasteiger partial charge in [0.15, 0.2) is 0 Å². The van der Waals surface area contributed by atoms with Crippen molar-refractivity contribution in [1.82, 2.24) is 14.5 Å². The van der Waals surface area contributed by atoms with Gasteiger partial charge >= 0.3 is 0 Å². The molecule has 0 unspecified atom stereocenters. The second-order valence-corrected chi connectivity index (χ2v) is 8.36. The third-order valence-electron chi connectivity index (χ3n) is 4.74. The molecule has 0 saturated carbocycles. The highest BCUT2D eigenvalue weighted by Gasteiger charge is 2.29. The summed E-state index contributed by atoms with van der Waals surface area (Å²) in [7, 11) is -3.69. The van der Waals surface area contributed by atoms with Crippen molar-refractivity contribution in [3.05, 3.63) is 29.8 Å². The van der Waals surface area contributed by atoms with Crippen molar-refractivity contribution in [2.24, 2.45) is 0 Å². The highest BCUT2D eigenvalue weighted by atomic mass is 32.2. The predicted octanol–water partition coefficient (Wildman–Crippen LogP) is 1.46. The Kier molecular flexibility index (Phi) is 6.77. The van der Waals surface area contributed by atoms with E-state index in [1.165, 1.54) is 23.4 Å². The molecule has 144 valence electrons. The van der Waals surface area contributed by atoms with Crippen molar-refractivity contribution < 1.29 is 18.0 Å². The summed E-state index contributed by atoms with van der Waals surface area (Å²) in [5.74, 6) is -0.320. The molecule has 8 heteroatoms. The van der Waals surface area contributed by atoms with Crippen molar-refractivity contribution in [3.8, 4) is 0 Å². The Morgan fingerprint density at radius 3 is 2.27 bits per heavy atom. The van der Waals surface area contributed by atoms with Crippen LogP contribution in [0.2, 0.25) is 0 Å². The maximum absolute atomic E-state index is 12.9. The Bertz CT molecular complexity index is 751. The average molecular weight is 381 g/mol. The molecule has 1 aromatic rings. The molecule has 1 heterocycles. The third kappa shape index (κ3) is 4.62. The maximum Gasteiger partial charge on any atom is 0.251 e. The molecule has 1 fully saturated rings. The SMILES string of the molecule is CCC(CC)NC(=O)c1cccc(S(=O)(=O)N2CCN(C(C)=O)CC2)c1. The van der Waals surface area contributed by atoms with Gasteiger partial charge in [0, 0.05) is 44.7 Å². The largest absolute Gasteiger partial charge is 0.349 e. The molecule has 1 aliphatic rings. The quantitative estimate of drug-likeness (QED) is 0.808. The molecule has 26 heavy (non-hydrogen) atoms. The Hall–Kier alpha value is -1.93. The summed E-state index contributed by atoms with van der Waals surface area (Å²) >= 11 is 0. The van der Waals surface area contributed by atoms with Gasteiger partial charge in [0.25, 0.3) is 5.91 Å². The van der Waals surface area contributed by atoms with Gasteiger partial charge in [0.05, 0.1) is 4.90 Å². The van der Waals surface area contributed by atoms with E-state index in [1.54, 1.807) is 17.0 Å². The van der Waals surface area contributed by atoms with Crippen LogP contribution in [-0.4, -0.2) is 61.7 Å². The second-order valence-electron chi connectivity index (χ2n) is 6.42. The smallest absolute Gasteiger partial charge is 0.251 e. The first-order valence-electron chi connectivity index (χ1n) is 8.96. The molecule has 0 spiro atoms. The highest BCUT2D eigenvalue weighted by Crippen LogP contribution is 2.19. The van der Waals surface area contributed by atoms with Gasteiger partial charge in [-0.05, 0) is 31.0 Å². The lowest BCUT2D eigenvalue weighted by molar-refractivity contribution is -0.129. The van der Waals surface area contributed by atoms with Gasteiger partial charge < -0.3 is 10.2 Å². The molecular formula is C18H27N3O4S. The van der Waals surface area contributed by atoms with Gasteiger partial charge in [0.1, 0.15) is 0 Å². The number of nitrogens with zero attached hydrogens (tertiary/aromatic N) is 2. The topological polar surface area (TPSA) is 86.8 Å². The summed E-state index contributed by atoms with van der Waals surface area (Å²) in [5, 5.41) is 2.92. The Balaban J connectivity index is 2.15. The van der Waals surface area contributed by atoms with Crippen molar-refractivity contribution in [1.29, 1.82) is 0 Å². The number of piperazine rings is 1. The minimum atomic E-state index is -3.69. The van der Waals surface area contributed by atoms with Crippen LogP contribution < -0.4 is 5.32 Å². The predicted molar refractivity (Wildman–Crippen MR) is 99.3 cm³/mol. The summed E-state index contributed by atoms with van der Waals surface area (Å²) in [6.07, 6.45) is 1.64. The van der Waals surface area contributed by atoms with Crippen LogP contribution in [-0.2, 0) is 14.8 Å². The lowest BCUT2D eigenvalue weighted by Gasteiger charge is -2.33. The van der Waals surface area contributed by atoms with Crippen molar-refractivity contribution >= 4 is 21.8 Å². The average Bonchev–Trinajstić information content (AvgIpc) is 2.66. The Morgan fingerprint density at radius 2 is 1.73 bits per heavy atom. The second kappa shape index (κ2) is 8.64. The third-order valence-corrected chi connectivity index (χ3v) is 6.63. The van der Waals surface area contributed by atoms with Crippen LogP contribution in [0.25, 0.3) is 0 Å². The molecule has 1 aromatic carbocycles. The normalized spacial score (nSPS) is 15.9. The van der Waals surface area contributed by atoms with E-state index in [2.05, 4.69) is 5.32 Å². The molecule has 1 aliphatic heterocycles. The van der Waals surface area contributed by atoms with Crippen LogP contribution in [0.1, 0.15) is 44.0 Å². The minimum absolute atomic E-state index is 0.0536. The summed E-state index contributed by atoms with van der Waals surface area (Å²) in [6, 6.07) is 6.19. The van der Waals surface area contributed by atoms with Crippen molar-refractivity contribution in [2.45, 2.75) is 44.6 Å². The maximum atomic E-state index is 12.9. The summed E-state index contributed by atoms with van der Waals surface area (Å²) < 4.78 is 27.1. The molecule has 0 atom stereocenters. The molecular weight excluding hydrogens is 354 g/mol. The summed E-state index contributed by atoms with van der Waals surface area (Å²) in [4.78, 5) is 25.5. The monoisotopic (exact) mass is 381 g/mol. The van der Waals surface area contributed by atoms with E-state index in [-0.39, 0.29) is 35.8 Å². The van der Waals surface area contributed by atoms with Gasteiger partial charge in [0.2, 0.25) is 15.9 Å². The molecule has 7 nitrogen and oxygen atoms in total. The molecule has 2 rings (SSSR count). The van der Waals surface area contributed by atoms with E-state index in [9.17, 15) is 18.0 Å². The van der Waals surface area contributed by atoms with E-state index in [0.29, 0.717) is 18.7 Å². The molecule has 0 aliphatic carbocycles. The number of hydrogen-bond donors (Lipinski definition) is 1.